The van der Waals surface area contributed by atoms with E-state index in [0.717, 1.165) is 37.7 Å². The lowest BCUT2D eigenvalue weighted by Gasteiger charge is -2.14. The van der Waals surface area contributed by atoms with Crippen molar-refractivity contribution in [3.05, 3.63) is 30.0 Å². The molecule has 0 aliphatic carbocycles. The van der Waals surface area contributed by atoms with E-state index in [1.54, 1.807) is 0 Å². The predicted molar refractivity (Wildman–Crippen MR) is 77.4 cm³/mol. The van der Waals surface area contributed by atoms with Gasteiger partial charge < -0.3 is 10.2 Å². The normalized spacial score (nSPS) is 15.1. The lowest BCUT2D eigenvalue weighted by Crippen LogP contribution is -2.36. The summed E-state index contributed by atoms with van der Waals surface area (Å²) in [6.07, 6.45) is 0.911. The lowest BCUT2D eigenvalue weighted by molar-refractivity contribution is 0.534. The molecule has 3 rings (SSSR count). The topological polar surface area (TPSA) is 45.4 Å². The molecule has 0 atom stereocenters. The molecule has 2 aromatic rings. The second-order valence-corrected chi connectivity index (χ2v) is 4.89. The van der Waals surface area contributed by atoms with Gasteiger partial charge in [0.05, 0.1) is 17.8 Å². The van der Waals surface area contributed by atoms with E-state index in [2.05, 4.69) is 45.6 Å². The van der Waals surface area contributed by atoms with Gasteiger partial charge in [-0.15, -0.1) is 0 Å². The van der Waals surface area contributed by atoms with Crippen LogP contribution in [0.3, 0.4) is 0 Å². The van der Waals surface area contributed by atoms with Crippen molar-refractivity contribution in [1.29, 1.82) is 0 Å². The van der Waals surface area contributed by atoms with Crippen LogP contribution in [0.5, 0.6) is 0 Å². The van der Waals surface area contributed by atoms with E-state index < -0.39 is 0 Å². The molecule has 0 amide bonds. The standard InChI is InChI=1S/C14H19N5/c1-18-10-9-16-14(18)15-8-7-12-11-5-3-4-6-13(11)19(2)17-12/h3-6H,7-10H2,1-2H3,(H,15,16). The van der Waals surface area contributed by atoms with Crippen LogP contribution in [0.25, 0.3) is 10.9 Å². The summed E-state index contributed by atoms with van der Waals surface area (Å²) >= 11 is 0. The van der Waals surface area contributed by atoms with Crippen LogP contribution >= 0.6 is 0 Å². The molecule has 0 radical (unpaired) electrons. The van der Waals surface area contributed by atoms with Gasteiger partial charge in [0.25, 0.3) is 0 Å². The van der Waals surface area contributed by atoms with Gasteiger partial charge in [-0.2, -0.15) is 5.10 Å². The van der Waals surface area contributed by atoms with Crippen LogP contribution in [-0.4, -0.2) is 47.3 Å². The zero-order chi connectivity index (χ0) is 13.2. The molecule has 1 aromatic carbocycles. The minimum atomic E-state index is 0.865. The SMILES string of the molecule is CN1CCN=C1NCCc1nn(C)c2ccccc12. The lowest BCUT2D eigenvalue weighted by atomic mass is 10.2. The Morgan fingerprint density at radius 2 is 2.11 bits per heavy atom. The number of benzene rings is 1. The maximum atomic E-state index is 4.60. The maximum Gasteiger partial charge on any atom is 0.193 e. The monoisotopic (exact) mass is 257 g/mol. The molecular weight excluding hydrogens is 238 g/mol. The second-order valence-electron chi connectivity index (χ2n) is 4.89. The summed E-state index contributed by atoms with van der Waals surface area (Å²) in [6.45, 7) is 2.77. The highest BCUT2D eigenvalue weighted by atomic mass is 15.3. The molecular formula is C14H19N5. The van der Waals surface area contributed by atoms with E-state index in [1.165, 1.54) is 10.9 Å². The largest absolute Gasteiger partial charge is 0.356 e. The Labute approximate surface area is 112 Å². The molecule has 5 nitrogen and oxygen atoms in total. The average molecular weight is 257 g/mol. The number of guanidine groups is 1. The van der Waals surface area contributed by atoms with Gasteiger partial charge in [-0.3, -0.25) is 9.67 Å². The van der Waals surface area contributed by atoms with Crippen molar-refractivity contribution in [3.8, 4) is 0 Å². The Morgan fingerprint density at radius 1 is 1.26 bits per heavy atom. The Morgan fingerprint density at radius 3 is 2.89 bits per heavy atom. The fourth-order valence-corrected chi connectivity index (χ4v) is 2.49. The molecule has 0 fully saturated rings. The number of likely N-dealkylation sites (N-methyl/N-ethyl adjacent to an activating group) is 1. The van der Waals surface area contributed by atoms with Gasteiger partial charge >= 0.3 is 0 Å². The highest BCUT2D eigenvalue weighted by Crippen LogP contribution is 2.17. The second kappa shape index (κ2) is 4.91. The minimum absolute atomic E-state index is 0.865. The van der Waals surface area contributed by atoms with Gasteiger partial charge in [-0.1, -0.05) is 18.2 Å². The van der Waals surface area contributed by atoms with Gasteiger partial charge in [0, 0.05) is 39.0 Å². The van der Waals surface area contributed by atoms with Crippen molar-refractivity contribution in [2.45, 2.75) is 6.42 Å². The van der Waals surface area contributed by atoms with E-state index in [-0.39, 0.29) is 0 Å². The number of hydrogen-bond donors (Lipinski definition) is 1. The molecule has 1 aliphatic rings. The summed E-state index contributed by atoms with van der Waals surface area (Å²) in [5.41, 5.74) is 2.33. The number of rotatable bonds is 3. The number of nitrogens with zero attached hydrogens (tertiary/aromatic N) is 4. The summed E-state index contributed by atoms with van der Waals surface area (Å²) in [5, 5.41) is 9.22. The third-order valence-corrected chi connectivity index (χ3v) is 3.54. The first-order valence-corrected chi connectivity index (χ1v) is 6.66. The maximum absolute atomic E-state index is 4.60. The van der Waals surface area contributed by atoms with Crippen LogP contribution in [0, 0.1) is 0 Å². The molecule has 5 heteroatoms. The zero-order valence-corrected chi connectivity index (χ0v) is 11.4. The molecule has 100 valence electrons. The Balaban J connectivity index is 1.69. The van der Waals surface area contributed by atoms with Gasteiger partial charge in [-0.25, -0.2) is 0 Å². The Hall–Kier alpha value is -2.04. The van der Waals surface area contributed by atoms with Crippen LogP contribution in [0.15, 0.2) is 29.3 Å². The van der Waals surface area contributed by atoms with Gasteiger partial charge in [0.1, 0.15) is 0 Å². The van der Waals surface area contributed by atoms with E-state index in [0.29, 0.717) is 0 Å². The molecule has 19 heavy (non-hydrogen) atoms. The minimum Gasteiger partial charge on any atom is -0.356 e. The van der Waals surface area contributed by atoms with Crippen LogP contribution in [0.2, 0.25) is 0 Å². The molecule has 2 heterocycles. The first kappa shape index (κ1) is 12.0. The van der Waals surface area contributed by atoms with Gasteiger partial charge in [0.2, 0.25) is 0 Å². The third-order valence-electron chi connectivity index (χ3n) is 3.54. The predicted octanol–water partition coefficient (Wildman–Crippen LogP) is 1.01. The molecule has 1 aliphatic heterocycles. The van der Waals surface area contributed by atoms with Crippen LogP contribution in [0.1, 0.15) is 5.69 Å². The van der Waals surface area contributed by atoms with E-state index in [9.17, 15) is 0 Å². The summed E-state index contributed by atoms with van der Waals surface area (Å²) in [6, 6.07) is 8.36. The van der Waals surface area contributed by atoms with Gasteiger partial charge in [0.15, 0.2) is 5.96 Å². The highest BCUT2D eigenvalue weighted by Gasteiger charge is 2.12. The fraction of sp³-hybridized carbons (Fsp3) is 0.429. The molecule has 0 unspecified atom stereocenters. The number of aliphatic imine (C=N–C) groups is 1. The number of hydrogen-bond acceptors (Lipinski definition) is 4. The average Bonchev–Trinajstić information content (AvgIpc) is 2.96. The van der Waals surface area contributed by atoms with Crippen molar-refractivity contribution in [1.82, 2.24) is 20.0 Å². The van der Waals surface area contributed by atoms with E-state index in [1.807, 2.05) is 17.8 Å². The highest BCUT2D eigenvalue weighted by molar-refractivity contribution is 5.82. The number of nitrogens with one attached hydrogen (secondary N) is 1. The summed E-state index contributed by atoms with van der Waals surface area (Å²) in [7, 11) is 4.06. The van der Waals surface area contributed by atoms with Crippen LogP contribution in [0.4, 0.5) is 0 Å². The van der Waals surface area contributed by atoms with Gasteiger partial charge in [-0.05, 0) is 6.07 Å². The molecule has 0 spiro atoms. The van der Waals surface area contributed by atoms with Crippen molar-refractivity contribution in [2.24, 2.45) is 12.0 Å². The molecule has 0 bridgehead atoms. The van der Waals surface area contributed by atoms with Crippen molar-refractivity contribution < 1.29 is 0 Å². The van der Waals surface area contributed by atoms with E-state index in [4.69, 9.17) is 0 Å². The van der Waals surface area contributed by atoms with Crippen molar-refractivity contribution >= 4 is 16.9 Å². The number of aryl methyl sites for hydroxylation is 1. The van der Waals surface area contributed by atoms with Crippen LogP contribution in [-0.2, 0) is 13.5 Å². The smallest absolute Gasteiger partial charge is 0.193 e. The van der Waals surface area contributed by atoms with Crippen LogP contribution < -0.4 is 5.32 Å². The molecule has 0 saturated carbocycles. The first-order chi connectivity index (χ1) is 9.25. The summed E-state index contributed by atoms with van der Waals surface area (Å²) in [5.74, 6) is 1.00. The summed E-state index contributed by atoms with van der Waals surface area (Å²) < 4.78 is 1.95. The number of para-hydroxylation sites is 1. The van der Waals surface area contributed by atoms with Crippen molar-refractivity contribution in [2.75, 3.05) is 26.7 Å². The molecule has 1 N–H and O–H groups in total. The quantitative estimate of drug-likeness (QED) is 0.892. The molecule has 1 aromatic heterocycles. The number of aromatic nitrogens is 2. The van der Waals surface area contributed by atoms with E-state index >= 15 is 0 Å². The summed E-state index contributed by atoms with van der Waals surface area (Å²) in [4.78, 5) is 6.57. The Kier molecular flexibility index (Phi) is 3.11. The Bertz CT molecular complexity index is 613. The van der Waals surface area contributed by atoms with Crippen molar-refractivity contribution in [3.63, 3.8) is 0 Å². The molecule has 0 saturated heterocycles. The number of fused-ring (bicyclic) bond motifs is 1. The first-order valence-electron chi connectivity index (χ1n) is 6.66. The fourth-order valence-electron chi connectivity index (χ4n) is 2.49. The third kappa shape index (κ3) is 2.28. The zero-order valence-electron chi connectivity index (χ0n) is 11.4.